The van der Waals surface area contributed by atoms with Gasteiger partial charge in [0.1, 0.15) is 12.6 Å². The lowest BCUT2D eigenvalue weighted by Crippen LogP contribution is -2.47. The molecule has 2 rings (SSSR count). The van der Waals surface area contributed by atoms with Gasteiger partial charge in [0.25, 0.3) is 5.91 Å². The molecule has 0 aliphatic rings. The van der Waals surface area contributed by atoms with Crippen LogP contribution in [0.15, 0.2) is 35.7 Å². The first kappa shape index (κ1) is 20.0. The molecule has 26 heavy (non-hydrogen) atoms. The van der Waals surface area contributed by atoms with E-state index in [9.17, 15) is 9.59 Å². The van der Waals surface area contributed by atoms with E-state index in [1.54, 1.807) is 12.1 Å². The number of nitriles is 1. The summed E-state index contributed by atoms with van der Waals surface area (Å²) in [6.07, 6.45) is 0.492. The fourth-order valence-corrected chi connectivity index (χ4v) is 3.53. The summed E-state index contributed by atoms with van der Waals surface area (Å²) in [7, 11) is 0. The van der Waals surface area contributed by atoms with Crippen molar-refractivity contribution in [1.82, 2.24) is 10.6 Å². The van der Waals surface area contributed by atoms with Crippen molar-refractivity contribution >= 4 is 34.8 Å². The van der Waals surface area contributed by atoms with Gasteiger partial charge in [-0.25, -0.2) is 0 Å². The largest absolute Gasteiger partial charge is 0.341 e. The third kappa shape index (κ3) is 5.32. The minimum Gasteiger partial charge on any atom is -0.341 e. The van der Waals surface area contributed by atoms with E-state index >= 15 is 0 Å². The predicted molar refractivity (Wildman–Crippen MR) is 104 cm³/mol. The Bertz CT molecular complexity index is 826. The average molecular weight is 390 g/mol. The fraction of sp³-hybridized carbons (Fsp3) is 0.316. The smallest absolute Gasteiger partial charge is 0.262 e. The van der Waals surface area contributed by atoms with Crippen LogP contribution in [0.1, 0.15) is 29.9 Å². The number of hydrogen-bond donors (Lipinski definition) is 2. The van der Waals surface area contributed by atoms with Gasteiger partial charge in [0.05, 0.1) is 10.9 Å². The number of carbonyl (C=O) groups excluding carboxylic acids is 2. The monoisotopic (exact) mass is 389 g/mol. The van der Waals surface area contributed by atoms with Crippen LogP contribution in [-0.4, -0.2) is 24.4 Å². The van der Waals surface area contributed by atoms with E-state index in [1.807, 2.05) is 43.5 Å². The molecule has 0 saturated heterocycles. The van der Waals surface area contributed by atoms with Crippen molar-refractivity contribution in [3.8, 4) is 17.2 Å². The van der Waals surface area contributed by atoms with Crippen molar-refractivity contribution in [2.45, 2.75) is 26.3 Å². The quantitative estimate of drug-likeness (QED) is 0.705. The van der Waals surface area contributed by atoms with Crippen molar-refractivity contribution in [3.05, 3.63) is 45.6 Å². The number of nitrogens with one attached hydrogen (secondary N) is 2. The summed E-state index contributed by atoms with van der Waals surface area (Å²) in [6.45, 7) is 3.85. The number of amides is 2. The molecule has 136 valence electrons. The number of carbonyl (C=O) groups is 2. The lowest BCUT2D eigenvalue weighted by atomic mass is 10.0. The molecule has 2 amide bonds. The van der Waals surface area contributed by atoms with Crippen molar-refractivity contribution in [2.24, 2.45) is 5.92 Å². The lowest BCUT2D eigenvalue weighted by Gasteiger charge is -2.19. The Kier molecular flexibility index (Phi) is 7.19. The summed E-state index contributed by atoms with van der Waals surface area (Å²) in [6, 6.07) is 10.4. The van der Waals surface area contributed by atoms with Crippen LogP contribution in [0.3, 0.4) is 0 Å². The minimum atomic E-state index is -0.679. The van der Waals surface area contributed by atoms with Crippen molar-refractivity contribution in [1.29, 1.82) is 5.26 Å². The number of rotatable bonds is 7. The van der Waals surface area contributed by atoms with Crippen LogP contribution >= 0.6 is 22.9 Å². The van der Waals surface area contributed by atoms with Crippen molar-refractivity contribution in [2.75, 3.05) is 6.54 Å². The molecule has 0 radical (unpaired) electrons. The Morgan fingerprint density at radius 2 is 2.04 bits per heavy atom. The van der Waals surface area contributed by atoms with E-state index in [1.165, 1.54) is 11.3 Å². The maximum absolute atomic E-state index is 12.6. The molecule has 0 aliphatic carbocycles. The molecule has 1 atom stereocenters. The highest BCUT2D eigenvalue weighted by Crippen LogP contribution is 2.31. The Labute approximate surface area is 162 Å². The van der Waals surface area contributed by atoms with Gasteiger partial charge in [-0.2, -0.15) is 5.26 Å². The molecule has 5 nitrogen and oxygen atoms in total. The predicted octanol–water partition coefficient (Wildman–Crippen LogP) is 3.85. The molecular weight excluding hydrogens is 370 g/mol. The van der Waals surface area contributed by atoms with E-state index < -0.39 is 6.04 Å². The molecule has 2 N–H and O–H groups in total. The first-order valence-electron chi connectivity index (χ1n) is 8.21. The molecule has 0 bridgehead atoms. The first-order chi connectivity index (χ1) is 12.4. The van der Waals surface area contributed by atoms with Gasteiger partial charge in [-0.05, 0) is 35.4 Å². The second-order valence-electron chi connectivity index (χ2n) is 6.21. The third-order valence-corrected chi connectivity index (χ3v) is 4.94. The summed E-state index contributed by atoms with van der Waals surface area (Å²) in [5, 5.41) is 16.4. The minimum absolute atomic E-state index is 0.0844. The zero-order chi connectivity index (χ0) is 19.1. The Morgan fingerprint density at radius 3 is 2.69 bits per heavy atom. The van der Waals surface area contributed by atoms with E-state index in [0.717, 1.165) is 11.1 Å². The van der Waals surface area contributed by atoms with Crippen LogP contribution < -0.4 is 10.6 Å². The highest BCUT2D eigenvalue weighted by atomic mass is 35.5. The standard InChI is InChI=1S/C19H20ClN3O2S/c1-12(2)9-16(18(24)22-8-7-21)23-19(25)17-10-13(11-26-17)14-5-3-4-6-15(14)20/h3-6,10-12,16H,8-9H2,1-2H3,(H,22,24)(H,23,25)/t16-/m0/s1. The van der Waals surface area contributed by atoms with E-state index in [4.69, 9.17) is 16.9 Å². The topological polar surface area (TPSA) is 82.0 Å². The maximum atomic E-state index is 12.6. The molecule has 7 heteroatoms. The zero-order valence-corrected chi connectivity index (χ0v) is 16.2. The van der Waals surface area contributed by atoms with E-state index in [-0.39, 0.29) is 24.3 Å². The van der Waals surface area contributed by atoms with Gasteiger partial charge in [-0.1, -0.05) is 43.6 Å². The number of thiophene rings is 1. The molecule has 0 spiro atoms. The molecule has 1 heterocycles. The molecule has 0 fully saturated rings. The maximum Gasteiger partial charge on any atom is 0.262 e. The van der Waals surface area contributed by atoms with E-state index in [2.05, 4.69) is 10.6 Å². The molecule has 1 aromatic heterocycles. The number of nitrogens with zero attached hydrogens (tertiary/aromatic N) is 1. The van der Waals surface area contributed by atoms with Crippen LogP contribution in [0, 0.1) is 17.2 Å². The Morgan fingerprint density at radius 1 is 1.31 bits per heavy atom. The van der Waals surface area contributed by atoms with E-state index in [0.29, 0.717) is 16.3 Å². The summed E-state index contributed by atoms with van der Waals surface area (Å²) >= 11 is 7.50. The third-order valence-electron chi connectivity index (χ3n) is 3.68. The van der Waals surface area contributed by atoms with Gasteiger partial charge in [-0.3, -0.25) is 9.59 Å². The normalized spacial score (nSPS) is 11.7. The van der Waals surface area contributed by atoms with Crippen LogP contribution in [0.2, 0.25) is 5.02 Å². The highest BCUT2D eigenvalue weighted by Gasteiger charge is 2.23. The number of halogens is 1. The molecule has 0 saturated carbocycles. The van der Waals surface area contributed by atoms with Crippen molar-refractivity contribution in [3.63, 3.8) is 0 Å². The fourth-order valence-electron chi connectivity index (χ4n) is 2.47. The SMILES string of the molecule is CC(C)C[C@H](NC(=O)c1cc(-c2ccccc2Cl)cs1)C(=O)NCC#N. The summed E-state index contributed by atoms with van der Waals surface area (Å²) in [4.78, 5) is 25.3. The first-order valence-corrected chi connectivity index (χ1v) is 9.47. The van der Waals surface area contributed by atoms with Gasteiger partial charge in [0.15, 0.2) is 0 Å². The van der Waals surface area contributed by atoms with Crippen LogP contribution in [0.4, 0.5) is 0 Å². The highest BCUT2D eigenvalue weighted by molar-refractivity contribution is 7.12. The van der Waals surface area contributed by atoms with Gasteiger partial charge in [-0.15, -0.1) is 11.3 Å². The lowest BCUT2D eigenvalue weighted by molar-refractivity contribution is -0.123. The average Bonchev–Trinajstić information content (AvgIpc) is 3.09. The van der Waals surface area contributed by atoms with Gasteiger partial charge in [0.2, 0.25) is 5.91 Å². The van der Waals surface area contributed by atoms with Gasteiger partial charge >= 0.3 is 0 Å². The number of benzene rings is 1. The molecule has 1 aromatic carbocycles. The van der Waals surface area contributed by atoms with Crippen LogP contribution in [-0.2, 0) is 4.79 Å². The van der Waals surface area contributed by atoms with Gasteiger partial charge in [0, 0.05) is 10.6 Å². The Hall–Kier alpha value is -2.36. The zero-order valence-electron chi connectivity index (χ0n) is 14.6. The molecular formula is C19H20ClN3O2S. The number of hydrogen-bond acceptors (Lipinski definition) is 4. The van der Waals surface area contributed by atoms with Crippen LogP contribution in [0.5, 0.6) is 0 Å². The summed E-state index contributed by atoms with van der Waals surface area (Å²) in [5.74, 6) is -0.447. The molecule has 0 aliphatic heterocycles. The summed E-state index contributed by atoms with van der Waals surface area (Å²) in [5.41, 5.74) is 1.72. The second kappa shape index (κ2) is 9.37. The van der Waals surface area contributed by atoms with Crippen LogP contribution in [0.25, 0.3) is 11.1 Å². The Balaban J connectivity index is 2.13. The van der Waals surface area contributed by atoms with Crippen molar-refractivity contribution < 1.29 is 9.59 Å². The molecule has 2 aromatic rings. The summed E-state index contributed by atoms with van der Waals surface area (Å²) < 4.78 is 0. The molecule has 0 unspecified atom stereocenters. The van der Waals surface area contributed by atoms with Gasteiger partial charge < -0.3 is 10.6 Å². The second-order valence-corrected chi connectivity index (χ2v) is 7.53.